The van der Waals surface area contributed by atoms with Crippen LogP contribution in [-0.2, 0) is 0 Å². The molecule has 1 N–H and O–H groups in total. The normalized spacial score (nSPS) is 10.8. The van der Waals surface area contributed by atoms with E-state index in [2.05, 4.69) is 15.3 Å². The van der Waals surface area contributed by atoms with Crippen LogP contribution < -0.4 is 5.32 Å². The van der Waals surface area contributed by atoms with Gasteiger partial charge in [0.15, 0.2) is 0 Å². The highest BCUT2D eigenvalue weighted by molar-refractivity contribution is 6.31. The highest BCUT2D eigenvalue weighted by atomic mass is 35.5. The SMILES string of the molecule is Fc1ccc(Nc2ncnc3c(F)cccc23)cc1Cl. The van der Waals surface area contributed by atoms with Crippen molar-refractivity contribution < 1.29 is 8.78 Å². The van der Waals surface area contributed by atoms with Gasteiger partial charge in [0.25, 0.3) is 0 Å². The summed E-state index contributed by atoms with van der Waals surface area (Å²) < 4.78 is 26.7. The summed E-state index contributed by atoms with van der Waals surface area (Å²) >= 11 is 5.72. The third-order valence-corrected chi connectivity index (χ3v) is 3.09. The molecule has 0 spiro atoms. The number of hydrogen-bond acceptors (Lipinski definition) is 3. The molecule has 6 heteroatoms. The molecule has 100 valence electrons. The average Bonchev–Trinajstić information content (AvgIpc) is 2.44. The highest BCUT2D eigenvalue weighted by Gasteiger charge is 2.08. The quantitative estimate of drug-likeness (QED) is 0.765. The molecular formula is C14H8ClF2N3. The Kier molecular flexibility index (Phi) is 3.20. The number of nitrogens with zero attached hydrogens (tertiary/aromatic N) is 2. The van der Waals surface area contributed by atoms with E-state index in [-0.39, 0.29) is 10.5 Å². The average molecular weight is 292 g/mol. The molecule has 20 heavy (non-hydrogen) atoms. The summed E-state index contributed by atoms with van der Waals surface area (Å²) in [4.78, 5) is 7.97. The Balaban J connectivity index is 2.06. The Labute approximate surface area is 118 Å². The van der Waals surface area contributed by atoms with Crippen molar-refractivity contribution in [2.45, 2.75) is 0 Å². The van der Waals surface area contributed by atoms with Crippen LogP contribution in [0.15, 0.2) is 42.7 Å². The minimum Gasteiger partial charge on any atom is -0.340 e. The van der Waals surface area contributed by atoms with Crippen molar-refractivity contribution in [1.82, 2.24) is 9.97 Å². The van der Waals surface area contributed by atoms with E-state index < -0.39 is 11.6 Å². The largest absolute Gasteiger partial charge is 0.340 e. The standard InChI is InChI=1S/C14H8ClF2N3/c15-10-6-8(4-5-11(10)16)20-14-9-2-1-3-12(17)13(9)18-7-19-14/h1-7H,(H,18,19,20). The highest BCUT2D eigenvalue weighted by Crippen LogP contribution is 2.26. The van der Waals surface area contributed by atoms with Crippen LogP contribution in [0.1, 0.15) is 0 Å². The fourth-order valence-electron chi connectivity index (χ4n) is 1.86. The maximum atomic E-state index is 13.6. The van der Waals surface area contributed by atoms with Crippen molar-refractivity contribution in [3.05, 3.63) is 59.4 Å². The van der Waals surface area contributed by atoms with Gasteiger partial charge in [0.05, 0.1) is 5.02 Å². The Morgan fingerprint density at radius 1 is 1.00 bits per heavy atom. The molecule has 0 saturated heterocycles. The minimum atomic E-state index is -0.504. The van der Waals surface area contributed by atoms with Crippen LogP contribution in [0.2, 0.25) is 5.02 Å². The summed E-state index contributed by atoms with van der Waals surface area (Å²) in [7, 11) is 0. The van der Waals surface area contributed by atoms with Crippen LogP contribution in [0.3, 0.4) is 0 Å². The second kappa shape index (κ2) is 5.02. The Morgan fingerprint density at radius 2 is 1.85 bits per heavy atom. The van der Waals surface area contributed by atoms with Crippen molar-refractivity contribution in [3.8, 4) is 0 Å². The molecular weight excluding hydrogens is 284 g/mol. The lowest BCUT2D eigenvalue weighted by atomic mass is 10.2. The van der Waals surface area contributed by atoms with Gasteiger partial charge in [-0.2, -0.15) is 0 Å². The summed E-state index contributed by atoms with van der Waals surface area (Å²) in [6.45, 7) is 0. The molecule has 0 aliphatic heterocycles. The van der Waals surface area contributed by atoms with Gasteiger partial charge >= 0.3 is 0 Å². The number of anilines is 2. The van der Waals surface area contributed by atoms with E-state index in [1.165, 1.54) is 30.6 Å². The number of nitrogens with one attached hydrogen (secondary N) is 1. The Hall–Kier alpha value is -2.27. The summed E-state index contributed by atoms with van der Waals surface area (Å²) in [5.41, 5.74) is 0.777. The lowest BCUT2D eigenvalue weighted by Crippen LogP contribution is -1.97. The number of para-hydroxylation sites is 1. The molecule has 1 aromatic heterocycles. The lowest BCUT2D eigenvalue weighted by Gasteiger charge is -2.09. The number of fused-ring (bicyclic) bond motifs is 1. The van der Waals surface area contributed by atoms with Crippen LogP contribution >= 0.6 is 11.6 Å². The Bertz CT molecular complexity index is 792. The topological polar surface area (TPSA) is 37.8 Å². The smallest absolute Gasteiger partial charge is 0.149 e. The zero-order chi connectivity index (χ0) is 14.1. The zero-order valence-electron chi connectivity index (χ0n) is 10.1. The second-order valence-electron chi connectivity index (χ2n) is 4.11. The van der Waals surface area contributed by atoms with E-state index in [9.17, 15) is 8.78 Å². The van der Waals surface area contributed by atoms with Crippen LogP contribution in [0, 0.1) is 11.6 Å². The molecule has 2 aromatic carbocycles. The van der Waals surface area contributed by atoms with Crippen LogP contribution in [0.25, 0.3) is 10.9 Å². The van der Waals surface area contributed by atoms with Gasteiger partial charge in [-0.05, 0) is 30.3 Å². The van der Waals surface area contributed by atoms with E-state index in [1.54, 1.807) is 12.1 Å². The molecule has 0 aliphatic rings. The number of rotatable bonds is 2. The van der Waals surface area contributed by atoms with Crippen LogP contribution in [0.4, 0.5) is 20.3 Å². The third kappa shape index (κ3) is 2.28. The van der Waals surface area contributed by atoms with Gasteiger partial charge in [0.1, 0.15) is 29.3 Å². The second-order valence-corrected chi connectivity index (χ2v) is 4.52. The van der Waals surface area contributed by atoms with Gasteiger partial charge in [0, 0.05) is 11.1 Å². The molecule has 0 radical (unpaired) electrons. The molecule has 0 fully saturated rings. The summed E-state index contributed by atoms with van der Waals surface area (Å²) in [6.07, 6.45) is 1.26. The van der Waals surface area contributed by atoms with Crippen molar-refractivity contribution in [2.75, 3.05) is 5.32 Å². The van der Waals surface area contributed by atoms with E-state index in [1.807, 2.05) is 0 Å². The molecule has 0 saturated carbocycles. The molecule has 0 atom stereocenters. The molecule has 0 amide bonds. The van der Waals surface area contributed by atoms with Gasteiger partial charge in [-0.3, -0.25) is 0 Å². The molecule has 0 unspecified atom stereocenters. The fraction of sp³-hybridized carbons (Fsp3) is 0. The number of benzene rings is 2. The first kappa shape index (κ1) is 12.7. The Morgan fingerprint density at radius 3 is 2.65 bits per heavy atom. The number of aromatic nitrogens is 2. The monoisotopic (exact) mass is 291 g/mol. The summed E-state index contributed by atoms with van der Waals surface area (Å²) in [5, 5.41) is 3.51. The van der Waals surface area contributed by atoms with Gasteiger partial charge in [-0.1, -0.05) is 17.7 Å². The van der Waals surface area contributed by atoms with Crippen molar-refractivity contribution in [2.24, 2.45) is 0 Å². The van der Waals surface area contributed by atoms with E-state index in [0.717, 1.165) is 0 Å². The first-order valence-electron chi connectivity index (χ1n) is 5.76. The van der Waals surface area contributed by atoms with Crippen molar-refractivity contribution in [1.29, 1.82) is 0 Å². The predicted octanol–water partition coefficient (Wildman–Crippen LogP) is 4.31. The molecule has 1 heterocycles. The fourth-order valence-corrected chi connectivity index (χ4v) is 2.04. The van der Waals surface area contributed by atoms with E-state index in [4.69, 9.17) is 11.6 Å². The molecule has 3 nitrogen and oxygen atoms in total. The van der Waals surface area contributed by atoms with Gasteiger partial charge in [-0.15, -0.1) is 0 Å². The molecule has 3 rings (SSSR count). The first-order valence-corrected chi connectivity index (χ1v) is 6.14. The molecule has 0 aliphatic carbocycles. The molecule has 0 bridgehead atoms. The van der Waals surface area contributed by atoms with Gasteiger partial charge < -0.3 is 5.32 Å². The predicted molar refractivity (Wildman–Crippen MR) is 74.2 cm³/mol. The maximum absolute atomic E-state index is 13.6. The first-order chi connectivity index (χ1) is 9.65. The summed E-state index contributed by atoms with van der Waals surface area (Å²) in [6, 6.07) is 8.80. The van der Waals surface area contributed by atoms with E-state index >= 15 is 0 Å². The number of halogens is 3. The zero-order valence-corrected chi connectivity index (χ0v) is 10.8. The lowest BCUT2D eigenvalue weighted by molar-refractivity contribution is 0.628. The van der Waals surface area contributed by atoms with E-state index in [0.29, 0.717) is 16.9 Å². The maximum Gasteiger partial charge on any atom is 0.149 e. The molecule has 3 aromatic rings. The third-order valence-electron chi connectivity index (χ3n) is 2.80. The van der Waals surface area contributed by atoms with Gasteiger partial charge in [0.2, 0.25) is 0 Å². The summed E-state index contributed by atoms with van der Waals surface area (Å²) in [5.74, 6) is -0.502. The minimum absolute atomic E-state index is 0.000424. The van der Waals surface area contributed by atoms with Gasteiger partial charge in [-0.25, -0.2) is 18.7 Å². The van der Waals surface area contributed by atoms with Crippen LogP contribution in [-0.4, -0.2) is 9.97 Å². The van der Waals surface area contributed by atoms with Crippen molar-refractivity contribution in [3.63, 3.8) is 0 Å². The number of hydrogen-bond donors (Lipinski definition) is 1. The van der Waals surface area contributed by atoms with Crippen LogP contribution in [0.5, 0.6) is 0 Å². The van der Waals surface area contributed by atoms with Crippen molar-refractivity contribution >= 4 is 34.0 Å².